The fraction of sp³-hybridized carbons (Fsp3) is 0.0625. The highest BCUT2D eigenvalue weighted by Gasteiger charge is 2.23. The molecule has 0 atom stereocenters. The lowest BCUT2D eigenvalue weighted by molar-refractivity contribution is -0.116. The van der Waals surface area contributed by atoms with Crippen molar-refractivity contribution < 1.29 is 18.0 Å². The second kappa shape index (κ2) is 11.2. The molecule has 0 saturated carbocycles. The molecule has 9 nitrogen and oxygen atoms in total. The molecule has 0 spiro atoms. The second-order valence-electron chi connectivity index (χ2n) is 9.36. The number of nitrogens with one attached hydrogen (secondary N) is 1. The van der Waals surface area contributed by atoms with Crippen LogP contribution in [-0.4, -0.2) is 34.4 Å². The first kappa shape index (κ1) is 28.0. The number of carbonyl (C=O) groups is 2. The first-order chi connectivity index (χ1) is 20.1. The highest BCUT2D eigenvalue weighted by Crippen LogP contribution is 2.38. The van der Waals surface area contributed by atoms with Crippen molar-refractivity contribution in [2.24, 2.45) is 0 Å². The summed E-state index contributed by atoms with van der Waals surface area (Å²) in [5.41, 5.74) is 4.31. The molecule has 0 fully saturated rings. The van der Waals surface area contributed by atoms with Gasteiger partial charge >= 0.3 is 0 Å². The summed E-state index contributed by atoms with van der Waals surface area (Å²) in [4.78, 5) is 31.3. The van der Waals surface area contributed by atoms with Gasteiger partial charge in [-0.3, -0.25) is 19.5 Å². The highest BCUT2D eigenvalue weighted by atomic mass is 32.2. The average molecular weight is 576 g/mol. The SMILES string of the molecule is C#Cc1cnc2ccc(-c3cnn(S(=O)(=O)c4ccccc4)c3)cc2c1N(C(C)=O)c1ccc(C)c(NC(=O)C=C)c1. The number of aryl methyl sites for hydroxylation is 1. The van der Waals surface area contributed by atoms with Gasteiger partial charge in [0, 0.05) is 29.8 Å². The number of terminal acetylenes is 1. The summed E-state index contributed by atoms with van der Waals surface area (Å²) < 4.78 is 27.1. The van der Waals surface area contributed by atoms with E-state index < -0.39 is 10.0 Å². The van der Waals surface area contributed by atoms with Gasteiger partial charge in [0.2, 0.25) is 11.8 Å². The summed E-state index contributed by atoms with van der Waals surface area (Å²) >= 11 is 0. The molecule has 1 N–H and O–H groups in total. The van der Waals surface area contributed by atoms with Crippen LogP contribution in [0.4, 0.5) is 17.1 Å². The summed E-state index contributed by atoms with van der Waals surface area (Å²) in [6.45, 7) is 6.74. The van der Waals surface area contributed by atoms with Crippen LogP contribution < -0.4 is 10.2 Å². The summed E-state index contributed by atoms with van der Waals surface area (Å²) in [5, 5.41) is 7.44. The number of nitrogens with zero attached hydrogens (tertiary/aromatic N) is 4. The quantitative estimate of drug-likeness (QED) is 0.204. The molecule has 208 valence electrons. The Kier molecular flexibility index (Phi) is 7.44. The van der Waals surface area contributed by atoms with Crippen LogP contribution in [0.2, 0.25) is 0 Å². The zero-order valence-corrected chi connectivity index (χ0v) is 23.6. The van der Waals surface area contributed by atoms with Crippen molar-refractivity contribution in [3.05, 3.63) is 109 Å². The lowest BCUT2D eigenvalue weighted by atomic mass is 10.0. The van der Waals surface area contributed by atoms with Crippen molar-refractivity contribution in [2.45, 2.75) is 18.7 Å². The summed E-state index contributed by atoms with van der Waals surface area (Å²) in [7, 11) is -3.89. The monoisotopic (exact) mass is 575 g/mol. The summed E-state index contributed by atoms with van der Waals surface area (Å²) in [6, 6.07) is 18.6. The number of anilines is 3. The molecule has 0 aliphatic rings. The molecule has 0 aliphatic carbocycles. The largest absolute Gasteiger partial charge is 0.322 e. The number of carbonyl (C=O) groups excluding carboxylic acids is 2. The van der Waals surface area contributed by atoms with E-state index in [1.165, 1.54) is 42.5 Å². The molecular formula is C32H25N5O4S. The van der Waals surface area contributed by atoms with E-state index in [9.17, 15) is 18.0 Å². The van der Waals surface area contributed by atoms with Crippen molar-refractivity contribution in [3.63, 3.8) is 0 Å². The van der Waals surface area contributed by atoms with Crippen molar-refractivity contribution in [1.29, 1.82) is 0 Å². The Morgan fingerprint density at radius 1 is 1.05 bits per heavy atom. The number of rotatable bonds is 7. The van der Waals surface area contributed by atoms with Crippen molar-refractivity contribution >= 4 is 49.8 Å². The Morgan fingerprint density at radius 2 is 1.81 bits per heavy atom. The summed E-state index contributed by atoms with van der Waals surface area (Å²) in [6.07, 6.45) is 11.4. The lowest BCUT2D eigenvalue weighted by Crippen LogP contribution is -2.24. The Bertz CT molecular complexity index is 2030. The van der Waals surface area contributed by atoms with Crippen LogP contribution in [0, 0.1) is 19.3 Å². The maximum Gasteiger partial charge on any atom is 0.282 e. The Morgan fingerprint density at radius 3 is 2.50 bits per heavy atom. The van der Waals surface area contributed by atoms with E-state index in [1.807, 2.05) is 6.92 Å². The Balaban J connectivity index is 1.66. The smallest absolute Gasteiger partial charge is 0.282 e. The second-order valence-corrected chi connectivity index (χ2v) is 11.2. The fourth-order valence-electron chi connectivity index (χ4n) is 4.53. The Labute approximate surface area is 243 Å². The van der Waals surface area contributed by atoms with E-state index in [4.69, 9.17) is 6.42 Å². The van der Waals surface area contributed by atoms with Gasteiger partial charge in [-0.2, -0.15) is 17.6 Å². The maximum atomic E-state index is 13.2. The van der Waals surface area contributed by atoms with Crippen molar-refractivity contribution in [1.82, 2.24) is 14.2 Å². The van der Waals surface area contributed by atoms with Crippen LogP contribution in [0.3, 0.4) is 0 Å². The van der Waals surface area contributed by atoms with Crippen LogP contribution >= 0.6 is 0 Å². The minimum absolute atomic E-state index is 0.113. The van der Waals surface area contributed by atoms with Gasteiger partial charge in [-0.15, -0.1) is 6.42 Å². The molecule has 5 rings (SSSR count). The fourth-order valence-corrected chi connectivity index (χ4v) is 5.67. The third-order valence-corrected chi connectivity index (χ3v) is 8.20. The molecule has 5 aromatic rings. The minimum atomic E-state index is -3.89. The number of hydrogen-bond acceptors (Lipinski definition) is 6. The molecule has 0 saturated heterocycles. The Hall–Kier alpha value is -5.53. The van der Waals surface area contributed by atoms with Gasteiger partial charge in [0.05, 0.1) is 39.7 Å². The van der Waals surface area contributed by atoms with E-state index in [-0.39, 0.29) is 16.7 Å². The van der Waals surface area contributed by atoms with Gasteiger partial charge < -0.3 is 5.32 Å². The molecule has 0 aliphatic heterocycles. The van der Waals surface area contributed by atoms with Gasteiger partial charge in [-0.1, -0.05) is 42.8 Å². The molecule has 2 amide bonds. The third-order valence-electron chi connectivity index (χ3n) is 6.64. The average Bonchev–Trinajstić information content (AvgIpc) is 3.50. The van der Waals surface area contributed by atoms with Crippen molar-refractivity contribution in [3.8, 4) is 23.5 Å². The van der Waals surface area contributed by atoms with Crippen LogP contribution in [0.5, 0.6) is 0 Å². The van der Waals surface area contributed by atoms with E-state index >= 15 is 0 Å². The normalized spacial score (nSPS) is 11.1. The first-order valence-electron chi connectivity index (χ1n) is 12.7. The van der Waals surface area contributed by atoms with E-state index in [2.05, 4.69) is 27.9 Å². The van der Waals surface area contributed by atoms with Crippen molar-refractivity contribution in [2.75, 3.05) is 10.2 Å². The molecule has 0 bridgehead atoms. The van der Waals surface area contributed by atoms with Gasteiger partial charge in [0.15, 0.2) is 0 Å². The number of amides is 2. The third kappa shape index (κ3) is 5.16. The topological polar surface area (TPSA) is 114 Å². The molecule has 0 unspecified atom stereocenters. The first-order valence-corrected chi connectivity index (χ1v) is 14.2. The van der Waals surface area contributed by atoms with Crippen LogP contribution in [-0.2, 0) is 19.6 Å². The van der Waals surface area contributed by atoms with E-state index in [1.54, 1.807) is 54.6 Å². The van der Waals surface area contributed by atoms with E-state index in [0.29, 0.717) is 44.7 Å². The van der Waals surface area contributed by atoms with Gasteiger partial charge in [-0.05, 0) is 60.5 Å². The zero-order chi connectivity index (χ0) is 30.0. The predicted octanol–water partition coefficient (Wildman–Crippen LogP) is 5.43. The zero-order valence-electron chi connectivity index (χ0n) is 22.8. The van der Waals surface area contributed by atoms with E-state index in [0.717, 1.165) is 15.7 Å². The van der Waals surface area contributed by atoms with Crippen LogP contribution in [0.15, 0.2) is 103 Å². The standard InChI is InChI=1S/C32H25N5O4S/c1-5-23-18-33-29-15-13-24(25-19-34-36(20-25)42(40,41)27-10-8-7-9-11-27)16-28(29)32(23)37(22(4)38)26-14-12-21(3)30(17-26)35-31(39)6-2/h1,6-20H,2H2,3-4H3,(H,35,39). The maximum absolute atomic E-state index is 13.2. The number of benzene rings is 3. The highest BCUT2D eigenvalue weighted by molar-refractivity contribution is 7.89. The number of fused-ring (bicyclic) bond motifs is 1. The molecule has 2 heterocycles. The molecular weight excluding hydrogens is 550 g/mol. The molecule has 10 heteroatoms. The van der Waals surface area contributed by atoms with Crippen LogP contribution in [0.25, 0.3) is 22.0 Å². The van der Waals surface area contributed by atoms with Gasteiger partial charge in [0.25, 0.3) is 10.0 Å². The molecule has 2 aromatic heterocycles. The number of pyridine rings is 1. The van der Waals surface area contributed by atoms with Gasteiger partial charge in [-0.25, -0.2) is 0 Å². The molecule has 0 radical (unpaired) electrons. The van der Waals surface area contributed by atoms with Crippen LogP contribution in [0.1, 0.15) is 18.1 Å². The minimum Gasteiger partial charge on any atom is -0.322 e. The number of hydrogen-bond donors (Lipinski definition) is 1. The predicted molar refractivity (Wildman–Crippen MR) is 163 cm³/mol. The van der Waals surface area contributed by atoms with Gasteiger partial charge in [0.1, 0.15) is 0 Å². The molecule has 3 aromatic carbocycles. The summed E-state index contributed by atoms with van der Waals surface area (Å²) in [5.74, 6) is 1.92. The molecule has 42 heavy (non-hydrogen) atoms. The number of aromatic nitrogens is 3. The lowest BCUT2D eigenvalue weighted by Gasteiger charge is -2.25.